The van der Waals surface area contributed by atoms with E-state index < -0.39 is 12.1 Å². The Morgan fingerprint density at radius 1 is 1.18 bits per heavy atom. The molecular formula is C10H7F3N2O2. The lowest BCUT2D eigenvalue weighted by atomic mass is 10.1. The summed E-state index contributed by atoms with van der Waals surface area (Å²) < 4.78 is 39.8. The van der Waals surface area contributed by atoms with Crippen molar-refractivity contribution in [2.45, 2.75) is 6.36 Å². The number of nitrogens with zero attached hydrogens (tertiary/aromatic N) is 1. The fraction of sp³-hybridized carbons (Fsp3) is 0.100. The maximum atomic E-state index is 12.0. The number of phenolic OH excluding ortho intramolecular Hbond substituents is 1. The zero-order valence-electron chi connectivity index (χ0n) is 8.32. The zero-order valence-corrected chi connectivity index (χ0v) is 8.32. The number of H-pyrrole nitrogens is 1. The third kappa shape index (κ3) is 2.90. The number of nitrogens with one attached hydrogen (secondary N) is 1. The fourth-order valence-electron chi connectivity index (χ4n) is 1.35. The number of hydrogen-bond donors (Lipinski definition) is 2. The van der Waals surface area contributed by atoms with Crippen LogP contribution < -0.4 is 4.74 Å². The largest absolute Gasteiger partial charge is 0.573 e. The molecule has 2 aromatic rings. The van der Waals surface area contributed by atoms with Crippen LogP contribution >= 0.6 is 0 Å². The Hall–Kier alpha value is -2.18. The molecule has 1 heterocycles. The van der Waals surface area contributed by atoms with Crippen LogP contribution in [0.2, 0.25) is 0 Å². The molecule has 2 N–H and O–H groups in total. The van der Waals surface area contributed by atoms with Crippen molar-refractivity contribution in [3.63, 3.8) is 0 Å². The van der Waals surface area contributed by atoms with E-state index >= 15 is 0 Å². The van der Waals surface area contributed by atoms with E-state index in [-0.39, 0.29) is 5.75 Å². The van der Waals surface area contributed by atoms with E-state index in [9.17, 15) is 18.3 Å². The van der Waals surface area contributed by atoms with Crippen LogP contribution in [0.3, 0.4) is 0 Å². The highest BCUT2D eigenvalue weighted by molar-refractivity contribution is 5.65. The average molecular weight is 244 g/mol. The standard InChI is InChI=1S/C10H7F3N2O2/c11-10(12,13)17-9-2-6(1-8(16)3-9)7-4-14-15-5-7/h1-5,16H,(H,14,15). The van der Waals surface area contributed by atoms with Gasteiger partial charge in [-0.2, -0.15) is 5.10 Å². The Kier molecular flexibility index (Phi) is 2.66. The van der Waals surface area contributed by atoms with Gasteiger partial charge in [0.25, 0.3) is 0 Å². The van der Waals surface area contributed by atoms with E-state index in [1.165, 1.54) is 18.5 Å². The SMILES string of the molecule is Oc1cc(OC(F)(F)F)cc(-c2cn[nH]c2)c1. The number of alkyl halides is 3. The lowest BCUT2D eigenvalue weighted by Gasteiger charge is -2.10. The first-order valence-corrected chi connectivity index (χ1v) is 4.53. The highest BCUT2D eigenvalue weighted by Gasteiger charge is 2.31. The Morgan fingerprint density at radius 2 is 1.94 bits per heavy atom. The van der Waals surface area contributed by atoms with Gasteiger partial charge in [-0.15, -0.1) is 13.2 Å². The summed E-state index contributed by atoms with van der Waals surface area (Å²) >= 11 is 0. The second kappa shape index (κ2) is 4.00. The van der Waals surface area contributed by atoms with Crippen LogP contribution in [-0.2, 0) is 0 Å². The van der Waals surface area contributed by atoms with Gasteiger partial charge >= 0.3 is 6.36 Å². The summed E-state index contributed by atoms with van der Waals surface area (Å²) in [5.74, 6) is -0.795. The number of aromatic hydroxyl groups is 1. The van der Waals surface area contributed by atoms with E-state index in [0.29, 0.717) is 11.1 Å². The summed E-state index contributed by atoms with van der Waals surface area (Å²) in [6, 6.07) is 3.36. The number of aromatic amines is 1. The first-order valence-electron chi connectivity index (χ1n) is 4.53. The fourth-order valence-corrected chi connectivity index (χ4v) is 1.35. The maximum absolute atomic E-state index is 12.0. The van der Waals surface area contributed by atoms with Gasteiger partial charge in [-0.1, -0.05) is 0 Å². The van der Waals surface area contributed by atoms with E-state index in [4.69, 9.17) is 0 Å². The van der Waals surface area contributed by atoms with Crippen molar-refractivity contribution in [3.8, 4) is 22.6 Å². The molecule has 1 aromatic carbocycles. The molecule has 0 fully saturated rings. The van der Waals surface area contributed by atoms with Gasteiger partial charge in [0.05, 0.1) is 6.20 Å². The molecule has 0 bridgehead atoms. The normalized spacial score (nSPS) is 11.5. The molecule has 0 spiro atoms. The van der Waals surface area contributed by atoms with Crippen molar-refractivity contribution in [3.05, 3.63) is 30.6 Å². The minimum atomic E-state index is -4.79. The predicted octanol–water partition coefficient (Wildman–Crippen LogP) is 2.68. The predicted molar refractivity (Wildman–Crippen MR) is 52.4 cm³/mol. The molecule has 2 rings (SSSR count). The highest BCUT2D eigenvalue weighted by Crippen LogP contribution is 2.31. The van der Waals surface area contributed by atoms with Gasteiger partial charge in [0.2, 0.25) is 0 Å². The molecule has 0 amide bonds. The highest BCUT2D eigenvalue weighted by atomic mass is 19.4. The van der Waals surface area contributed by atoms with Crippen LogP contribution in [0, 0.1) is 0 Å². The number of aromatic nitrogens is 2. The van der Waals surface area contributed by atoms with Gasteiger partial charge < -0.3 is 9.84 Å². The number of halogens is 3. The van der Waals surface area contributed by atoms with Gasteiger partial charge in [0.1, 0.15) is 11.5 Å². The van der Waals surface area contributed by atoms with E-state index in [1.54, 1.807) is 0 Å². The van der Waals surface area contributed by atoms with Crippen LogP contribution in [0.25, 0.3) is 11.1 Å². The average Bonchev–Trinajstić information content (AvgIpc) is 2.65. The number of ether oxygens (including phenoxy) is 1. The smallest absolute Gasteiger partial charge is 0.508 e. The Morgan fingerprint density at radius 3 is 2.53 bits per heavy atom. The number of rotatable bonds is 2. The summed E-state index contributed by atoms with van der Waals surface area (Å²) in [6.07, 6.45) is -1.88. The second-order valence-corrected chi connectivity index (χ2v) is 3.25. The molecule has 0 aliphatic heterocycles. The molecule has 7 heteroatoms. The summed E-state index contributed by atoms with van der Waals surface area (Å²) in [7, 11) is 0. The van der Waals surface area contributed by atoms with Crippen LogP contribution in [0.4, 0.5) is 13.2 Å². The van der Waals surface area contributed by atoms with E-state index in [0.717, 1.165) is 12.1 Å². The Labute approximate surface area is 93.7 Å². The number of benzene rings is 1. The lowest BCUT2D eigenvalue weighted by molar-refractivity contribution is -0.274. The Bertz CT molecular complexity index is 509. The monoisotopic (exact) mass is 244 g/mol. The molecule has 0 unspecified atom stereocenters. The van der Waals surface area contributed by atoms with Crippen LogP contribution in [-0.4, -0.2) is 21.7 Å². The van der Waals surface area contributed by atoms with Gasteiger partial charge in [-0.05, 0) is 17.7 Å². The molecule has 4 nitrogen and oxygen atoms in total. The number of hydrogen-bond acceptors (Lipinski definition) is 3. The van der Waals surface area contributed by atoms with Gasteiger partial charge in [0.15, 0.2) is 0 Å². The van der Waals surface area contributed by atoms with Crippen LogP contribution in [0.15, 0.2) is 30.6 Å². The second-order valence-electron chi connectivity index (χ2n) is 3.25. The molecule has 0 radical (unpaired) electrons. The quantitative estimate of drug-likeness (QED) is 0.853. The maximum Gasteiger partial charge on any atom is 0.573 e. The lowest BCUT2D eigenvalue weighted by Crippen LogP contribution is -2.17. The van der Waals surface area contributed by atoms with Crippen molar-refractivity contribution in [1.29, 1.82) is 0 Å². The third-order valence-electron chi connectivity index (χ3n) is 1.96. The van der Waals surface area contributed by atoms with Crippen molar-refractivity contribution in [1.82, 2.24) is 10.2 Å². The number of phenols is 1. The third-order valence-corrected chi connectivity index (χ3v) is 1.96. The van der Waals surface area contributed by atoms with Gasteiger partial charge in [-0.25, -0.2) is 0 Å². The molecule has 0 aliphatic carbocycles. The molecule has 0 saturated heterocycles. The van der Waals surface area contributed by atoms with Crippen molar-refractivity contribution in [2.75, 3.05) is 0 Å². The van der Waals surface area contributed by atoms with Crippen molar-refractivity contribution >= 4 is 0 Å². The van der Waals surface area contributed by atoms with Crippen molar-refractivity contribution < 1.29 is 23.0 Å². The Balaban J connectivity index is 2.36. The summed E-state index contributed by atoms with van der Waals surface area (Å²) in [5, 5.41) is 15.5. The van der Waals surface area contributed by atoms with Crippen molar-refractivity contribution in [2.24, 2.45) is 0 Å². The minimum Gasteiger partial charge on any atom is -0.508 e. The van der Waals surface area contributed by atoms with Gasteiger partial charge in [-0.3, -0.25) is 5.10 Å². The first kappa shape index (κ1) is 11.3. The molecule has 90 valence electrons. The van der Waals surface area contributed by atoms with Gasteiger partial charge in [0, 0.05) is 17.8 Å². The summed E-state index contributed by atoms with van der Waals surface area (Å²) in [5.41, 5.74) is 0.922. The molecule has 17 heavy (non-hydrogen) atoms. The van der Waals surface area contributed by atoms with E-state index in [1.807, 2.05) is 0 Å². The molecular weight excluding hydrogens is 237 g/mol. The molecule has 0 saturated carbocycles. The first-order chi connectivity index (χ1) is 7.94. The topological polar surface area (TPSA) is 58.1 Å². The molecule has 0 atom stereocenters. The van der Waals surface area contributed by atoms with E-state index in [2.05, 4.69) is 14.9 Å². The minimum absolute atomic E-state index is 0.317. The zero-order chi connectivity index (χ0) is 12.5. The molecule has 1 aromatic heterocycles. The molecule has 0 aliphatic rings. The summed E-state index contributed by atoms with van der Waals surface area (Å²) in [6.45, 7) is 0. The van der Waals surface area contributed by atoms with Crippen LogP contribution in [0.5, 0.6) is 11.5 Å². The van der Waals surface area contributed by atoms with Crippen LogP contribution in [0.1, 0.15) is 0 Å². The summed E-state index contributed by atoms with van der Waals surface area (Å²) in [4.78, 5) is 0.